The van der Waals surface area contributed by atoms with Gasteiger partial charge in [0.25, 0.3) is 0 Å². The first-order valence-corrected chi connectivity index (χ1v) is 13.9. The van der Waals surface area contributed by atoms with Crippen LogP contribution < -0.4 is 0 Å². The normalized spacial score (nSPS) is 52.3. The second-order valence-electron chi connectivity index (χ2n) is 13.0. The van der Waals surface area contributed by atoms with E-state index in [4.69, 9.17) is 0 Å². The fourth-order valence-corrected chi connectivity index (χ4v) is 9.83. The van der Waals surface area contributed by atoms with Gasteiger partial charge in [0, 0.05) is 0 Å². The Balaban J connectivity index is 1.05. The van der Waals surface area contributed by atoms with Crippen molar-refractivity contribution in [2.24, 2.45) is 71.0 Å². The molecule has 0 saturated heterocycles. The molecule has 0 bridgehead atoms. The monoisotopic (exact) mass is 380 g/mol. The molecule has 7 aliphatic rings. The zero-order chi connectivity index (χ0) is 18.2. The van der Waals surface area contributed by atoms with E-state index < -0.39 is 0 Å². The summed E-state index contributed by atoms with van der Waals surface area (Å²) in [5, 5.41) is 0. The maximum Gasteiger partial charge on any atom is -0.0323 e. The van der Waals surface area contributed by atoms with Crippen molar-refractivity contribution in [2.75, 3.05) is 0 Å². The number of hydrogen-bond acceptors (Lipinski definition) is 0. The van der Waals surface area contributed by atoms with E-state index in [0.29, 0.717) is 0 Å². The molecule has 7 saturated carbocycles. The van der Waals surface area contributed by atoms with Crippen molar-refractivity contribution >= 4 is 0 Å². The third-order valence-electron chi connectivity index (χ3n) is 12.4. The molecule has 0 amide bonds. The third-order valence-corrected chi connectivity index (χ3v) is 12.4. The van der Waals surface area contributed by atoms with Gasteiger partial charge in [-0.3, -0.25) is 0 Å². The Labute approximate surface area is 174 Å². The minimum atomic E-state index is 1.18. The smallest absolute Gasteiger partial charge is 0.0323 e. The highest BCUT2D eigenvalue weighted by Gasteiger charge is 2.60. The van der Waals surface area contributed by atoms with E-state index in [9.17, 15) is 0 Å². The summed E-state index contributed by atoms with van der Waals surface area (Å²) >= 11 is 0. The molecule has 0 spiro atoms. The van der Waals surface area contributed by atoms with Gasteiger partial charge in [-0.1, -0.05) is 77.0 Å². The lowest BCUT2D eigenvalue weighted by Gasteiger charge is -2.66. The maximum absolute atomic E-state index is 1.68. The Kier molecular flexibility index (Phi) is 4.26. The molecule has 0 N–H and O–H groups in total. The SMILES string of the molecule is C1CC(C2CC(C3CCC3C3CC(C4CCC4)C3C3CCC3)C2C2CCC2)C1. The van der Waals surface area contributed by atoms with Crippen molar-refractivity contribution < 1.29 is 0 Å². The van der Waals surface area contributed by atoms with Crippen LogP contribution in [0.15, 0.2) is 0 Å². The first-order valence-electron chi connectivity index (χ1n) is 13.9. The standard InChI is InChI=1S/C28H44/c1-5-17(6-1)23-15-25(27(23)19-9-3-10-19)21-13-14-22(21)26-16-24(18-7-2-8-18)28(26)20-11-4-12-20/h17-28H,1-16H2. The van der Waals surface area contributed by atoms with Gasteiger partial charge in [-0.05, 0) is 96.7 Å². The summed E-state index contributed by atoms with van der Waals surface area (Å²) < 4.78 is 0. The highest BCUT2D eigenvalue weighted by molar-refractivity contribution is 5.09. The van der Waals surface area contributed by atoms with Crippen LogP contribution >= 0.6 is 0 Å². The molecule has 7 aliphatic carbocycles. The summed E-state index contributed by atoms with van der Waals surface area (Å²) in [6, 6.07) is 0. The van der Waals surface area contributed by atoms with Gasteiger partial charge < -0.3 is 0 Å². The van der Waals surface area contributed by atoms with Gasteiger partial charge in [0.2, 0.25) is 0 Å². The second-order valence-corrected chi connectivity index (χ2v) is 13.0. The van der Waals surface area contributed by atoms with E-state index in [1.807, 2.05) is 0 Å². The summed E-state index contributed by atoms with van der Waals surface area (Å²) in [6.07, 6.45) is 25.7. The van der Waals surface area contributed by atoms with E-state index in [0.717, 1.165) is 0 Å². The highest BCUT2D eigenvalue weighted by Crippen LogP contribution is 2.68. The topological polar surface area (TPSA) is 0 Å². The van der Waals surface area contributed by atoms with Crippen LogP contribution in [0.25, 0.3) is 0 Å². The average Bonchev–Trinajstić information content (AvgIpc) is 2.47. The molecular formula is C28H44. The summed E-state index contributed by atoms with van der Waals surface area (Å²) in [5.74, 6) is 14.3. The molecule has 0 aromatic rings. The van der Waals surface area contributed by atoms with Crippen molar-refractivity contribution in [2.45, 2.75) is 103 Å². The van der Waals surface area contributed by atoms with Crippen molar-refractivity contribution in [3.05, 3.63) is 0 Å². The molecule has 0 radical (unpaired) electrons. The lowest BCUT2D eigenvalue weighted by Crippen LogP contribution is -2.58. The minimum absolute atomic E-state index is 1.18. The number of hydrogen-bond donors (Lipinski definition) is 0. The fraction of sp³-hybridized carbons (Fsp3) is 1.00. The molecule has 0 heteroatoms. The van der Waals surface area contributed by atoms with Crippen molar-refractivity contribution in [1.29, 1.82) is 0 Å². The van der Waals surface area contributed by atoms with Gasteiger partial charge in [-0.25, -0.2) is 0 Å². The second kappa shape index (κ2) is 6.75. The van der Waals surface area contributed by atoms with E-state index >= 15 is 0 Å². The van der Waals surface area contributed by atoms with Gasteiger partial charge >= 0.3 is 0 Å². The molecule has 0 heterocycles. The first-order chi connectivity index (χ1) is 13.9. The Bertz CT molecular complexity index is 525. The van der Waals surface area contributed by atoms with Crippen LogP contribution in [0.5, 0.6) is 0 Å². The van der Waals surface area contributed by atoms with E-state index in [-0.39, 0.29) is 0 Å². The predicted octanol–water partition coefficient (Wildman–Crippen LogP) is 7.72. The third kappa shape index (κ3) is 2.48. The lowest BCUT2D eigenvalue weighted by molar-refractivity contribution is -0.168. The molecule has 8 unspecified atom stereocenters. The lowest BCUT2D eigenvalue weighted by atomic mass is 9.39. The first kappa shape index (κ1) is 17.7. The van der Waals surface area contributed by atoms with Gasteiger partial charge in [-0.15, -0.1) is 0 Å². The highest BCUT2D eigenvalue weighted by atomic mass is 14.6. The van der Waals surface area contributed by atoms with Crippen molar-refractivity contribution in [3.63, 3.8) is 0 Å². The molecule has 0 aromatic carbocycles. The van der Waals surface area contributed by atoms with E-state index in [1.165, 1.54) is 71.0 Å². The summed E-state index contributed by atoms with van der Waals surface area (Å²) in [5.41, 5.74) is 0. The van der Waals surface area contributed by atoms with Crippen LogP contribution in [-0.2, 0) is 0 Å². The Hall–Kier alpha value is 0. The zero-order valence-corrected chi connectivity index (χ0v) is 18.2. The molecule has 28 heavy (non-hydrogen) atoms. The van der Waals surface area contributed by atoms with Gasteiger partial charge in [-0.2, -0.15) is 0 Å². The fourth-order valence-electron chi connectivity index (χ4n) is 9.83. The molecule has 0 nitrogen and oxygen atoms in total. The summed E-state index contributed by atoms with van der Waals surface area (Å²) in [4.78, 5) is 0. The molecule has 0 aliphatic heterocycles. The van der Waals surface area contributed by atoms with E-state index in [2.05, 4.69) is 0 Å². The molecule has 7 fully saturated rings. The summed E-state index contributed by atoms with van der Waals surface area (Å²) in [6.45, 7) is 0. The van der Waals surface area contributed by atoms with Crippen LogP contribution in [0.4, 0.5) is 0 Å². The van der Waals surface area contributed by atoms with E-state index in [1.54, 1.807) is 103 Å². The quantitative estimate of drug-likeness (QED) is 0.442. The predicted molar refractivity (Wildman–Crippen MR) is 116 cm³/mol. The van der Waals surface area contributed by atoms with Crippen LogP contribution in [0.2, 0.25) is 0 Å². The van der Waals surface area contributed by atoms with Crippen LogP contribution in [-0.4, -0.2) is 0 Å². The molecule has 7 rings (SSSR count). The molecule has 8 atom stereocenters. The van der Waals surface area contributed by atoms with Crippen LogP contribution in [0.1, 0.15) is 103 Å². The van der Waals surface area contributed by atoms with Gasteiger partial charge in [0.05, 0.1) is 0 Å². The Morgan fingerprint density at radius 1 is 0.286 bits per heavy atom. The molecule has 0 aromatic heterocycles. The van der Waals surface area contributed by atoms with Crippen molar-refractivity contribution in [3.8, 4) is 0 Å². The largest absolute Gasteiger partial charge is 0.0528 e. The molecule has 156 valence electrons. The Morgan fingerprint density at radius 3 is 0.893 bits per heavy atom. The zero-order valence-electron chi connectivity index (χ0n) is 18.2. The van der Waals surface area contributed by atoms with Gasteiger partial charge in [0.15, 0.2) is 0 Å². The van der Waals surface area contributed by atoms with Gasteiger partial charge in [0.1, 0.15) is 0 Å². The average molecular weight is 381 g/mol. The van der Waals surface area contributed by atoms with Crippen LogP contribution in [0.3, 0.4) is 0 Å². The Morgan fingerprint density at radius 2 is 0.643 bits per heavy atom. The molecular weight excluding hydrogens is 336 g/mol. The minimum Gasteiger partial charge on any atom is -0.0528 e. The van der Waals surface area contributed by atoms with Crippen LogP contribution in [0, 0.1) is 71.0 Å². The van der Waals surface area contributed by atoms with Crippen molar-refractivity contribution in [1.82, 2.24) is 0 Å². The maximum atomic E-state index is 1.68. The number of rotatable bonds is 6. The summed E-state index contributed by atoms with van der Waals surface area (Å²) in [7, 11) is 0.